The first-order valence-electron chi connectivity index (χ1n) is 7.49. The summed E-state index contributed by atoms with van der Waals surface area (Å²) in [5.74, 6) is 0.979. The Morgan fingerprint density at radius 1 is 1.32 bits per heavy atom. The lowest BCUT2D eigenvalue weighted by Crippen LogP contribution is -2.34. The molecule has 0 amide bonds. The number of fused-ring (bicyclic) bond motifs is 2. The summed E-state index contributed by atoms with van der Waals surface area (Å²) in [6.07, 6.45) is 5.15. The van der Waals surface area contributed by atoms with Crippen molar-refractivity contribution < 1.29 is 4.74 Å². The Morgan fingerprint density at radius 3 is 3.18 bits per heavy atom. The zero-order chi connectivity index (χ0) is 14.9. The van der Waals surface area contributed by atoms with Crippen molar-refractivity contribution in [1.82, 2.24) is 14.9 Å². The molecule has 2 aliphatic heterocycles. The predicted octanol–water partition coefficient (Wildman–Crippen LogP) is 2.97. The predicted molar refractivity (Wildman–Crippen MR) is 88.3 cm³/mol. The van der Waals surface area contributed by atoms with E-state index in [1.54, 1.807) is 0 Å². The Labute approximate surface area is 134 Å². The van der Waals surface area contributed by atoms with Crippen molar-refractivity contribution in [2.45, 2.75) is 13.0 Å². The Balaban J connectivity index is 1.50. The van der Waals surface area contributed by atoms with Gasteiger partial charge < -0.3 is 9.72 Å². The average Bonchev–Trinajstić information content (AvgIpc) is 2.55. The SMILES string of the molecule is S=c1ncc2c([nH]1)CCN(CC1=Cc3ccccc3OC1)C2. The summed E-state index contributed by atoms with van der Waals surface area (Å²) in [4.78, 5) is 9.83. The zero-order valence-electron chi connectivity index (χ0n) is 12.2. The number of H-pyrrole nitrogens is 1. The molecule has 0 aliphatic carbocycles. The minimum Gasteiger partial charge on any atom is -0.489 e. The lowest BCUT2D eigenvalue weighted by Gasteiger charge is -2.30. The third kappa shape index (κ3) is 2.69. The lowest BCUT2D eigenvalue weighted by molar-refractivity contribution is 0.255. The quantitative estimate of drug-likeness (QED) is 0.866. The number of aromatic nitrogens is 2. The van der Waals surface area contributed by atoms with Crippen molar-refractivity contribution in [3.8, 4) is 5.75 Å². The Kier molecular flexibility index (Phi) is 3.52. The number of aromatic amines is 1. The molecular formula is C17H17N3OS. The van der Waals surface area contributed by atoms with Crippen molar-refractivity contribution in [2.75, 3.05) is 19.7 Å². The number of hydrogen-bond acceptors (Lipinski definition) is 4. The van der Waals surface area contributed by atoms with Crippen LogP contribution in [0, 0.1) is 4.77 Å². The van der Waals surface area contributed by atoms with Gasteiger partial charge in [-0.15, -0.1) is 0 Å². The van der Waals surface area contributed by atoms with Crippen molar-refractivity contribution in [3.63, 3.8) is 0 Å². The van der Waals surface area contributed by atoms with Gasteiger partial charge in [0.05, 0.1) is 0 Å². The van der Waals surface area contributed by atoms with Crippen LogP contribution in [0.15, 0.2) is 36.0 Å². The van der Waals surface area contributed by atoms with Crippen LogP contribution in [0.5, 0.6) is 5.75 Å². The highest BCUT2D eigenvalue weighted by molar-refractivity contribution is 7.71. The van der Waals surface area contributed by atoms with Crippen LogP contribution in [-0.2, 0) is 13.0 Å². The molecule has 4 nitrogen and oxygen atoms in total. The maximum atomic E-state index is 5.84. The van der Waals surface area contributed by atoms with Gasteiger partial charge in [0.15, 0.2) is 4.77 Å². The van der Waals surface area contributed by atoms with E-state index in [9.17, 15) is 0 Å². The van der Waals surface area contributed by atoms with Gasteiger partial charge in [0.1, 0.15) is 12.4 Å². The van der Waals surface area contributed by atoms with Crippen LogP contribution in [0.3, 0.4) is 0 Å². The molecule has 2 aromatic rings. The second-order valence-corrected chi connectivity index (χ2v) is 6.17. The molecule has 0 unspecified atom stereocenters. The fraction of sp³-hybridized carbons (Fsp3) is 0.294. The molecule has 4 rings (SSSR count). The van der Waals surface area contributed by atoms with E-state index in [2.05, 4.69) is 27.0 Å². The van der Waals surface area contributed by atoms with Crippen LogP contribution in [0.1, 0.15) is 16.8 Å². The molecule has 112 valence electrons. The second kappa shape index (κ2) is 5.66. The normalized spacial score (nSPS) is 17.2. The molecule has 1 N–H and O–H groups in total. The average molecular weight is 311 g/mol. The molecule has 0 radical (unpaired) electrons. The zero-order valence-corrected chi connectivity index (χ0v) is 13.0. The Morgan fingerprint density at radius 2 is 2.23 bits per heavy atom. The Bertz CT molecular complexity index is 796. The fourth-order valence-corrected chi connectivity index (χ4v) is 3.26. The smallest absolute Gasteiger partial charge is 0.196 e. The van der Waals surface area contributed by atoms with Crippen molar-refractivity contribution in [3.05, 3.63) is 57.6 Å². The third-order valence-corrected chi connectivity index (χ3v) is 4.38. The first-order chi connectivity index (χ1) is 10.8. The van der Waals surface area contributed by atoms with Gasteiger partial charge in [-0.1, -0.05) is 18.2 Å². The van der Waals surface area contributed by atoms with Gasteiger partial charge in [-0.2, -0.15) is 0 Å². The molecule has 1 aromatic carbocycles. The van der Waals surface area contributed by atoms with E-state index in [0.717, 1.165) is 31.8 Å². The number of rotatable bonds is 2. The van der Waals surface area contributed by atoms with E-state index in [1.165, 1.54) is 22.4 Å². The van der Waals surface area contributed by atoms with Gasteiger partial charge in [0.2, 0.25) is 0 Å². The highest BCUT2D eigenvalue weighted by Crippen LogP contribution is 2.26. The van der Waals surface area contributed by atoms with Gasteiger partial charge in [0, 0.05) is 49.1 Å². The van der Waals surface area contributed by atoms with E-state index in [-0.39, 0.29) is 0 Å². The van der Waals surface area contributed by atoms with Gasteiger partial charge in [-0.25, -0.2) is 4.98 Å². The molecule has 2 aliphatic rings. The van der Waals surface area contributed by atoms with Crippen molar-refractivity contribution in [2.24, 2.45) is 0 Å². The monoisotopic (exact) mass is 311 g/mol. The summed E-state index contributed by atoms with van der Waals surface area (Å²) in [6.45, 7) is 3.55. The summed E-state index contributed by atoms with van der Waals surface area (Å²) >= 11 is 5.09. The van der Waals surface area contributed by atoms with Gasteiger partial charge in [0.25, 0.3) is 0 Å². The lowest BCUT2D eigenvalue weighted by atomic mass is 10.0. The molecule has 5 heteroatoms. The van der Waals surface area contributed by atoms with Crippen LogP contribution in [0.25, 0.3) is 6.08 Å². The molecule has 3 heterocycles. The highest BCUT2D eigenvalue weighted by Gasteiger charge is 2.19. The number of nitrogens with one attached hydrogen (secondary N) is 1. The first kappa shape index (κ1) is 13.7. The van der Waals surface area contributed by atoms with Crippen molar-refractivity contribution >= 4 is 18.3 Å². The molecule has 0 bridgehead atoms. The summed E-state index contributed by atoms with van der Waals surface area (Å²) in [7, 11) is 0. The number of benzene rings is 1. The minimum absolute atomic E-state index is 0.576. The van der Waals surface area contributed by atoms with Crippen LogP contribution in [0.2, 0.25) is 0 Å². The van der Waals surface area contributed by atoms with Crippen LogP contribution >= 0.6 is 12.2 Å². The maximum Gasteiger partial charge on any atom is 0.196 e. The summed E-state index contributed by atoms with van der Waals surface area (Å²) < 4.78 is 6.41. The van der Waals surface area contributed by atoms with Crippen LogP contribution in [0.4, 0.5) is 0 Å². The first-order valence-corrected chi connectivity index (χ1v) is 7.89. The molecule has 0 saturated heterocycles. The standard InChI is InChI=1S/C17H17N3OS/c22-17-18-8-14-10-20(6-5-15(14)19-17)9-12-7-13-3-1-2-4-16(13)21-11-12/h1-4,7-8H,5-6,9-11H2,(H,18,19,22). The summed E-state index contributed by atoms with van der Waals surface area (Å²) in [5, 5.41) is 0. The van der Waals surface area contributed by atoms with Gasteiger partial charge >= 0.3 is 0 Å². The molecule has 1 aromatic heterocycles. The maximum absolute atomic E-state index is 5.84. The topological polar surface area (TPSA) is 41.2 Å². The summed E-state index contributed by atoms with van der Waals surface area (Å²) in [6, 6.07) is 8.18. The van der Waals surface area contributed by atoms with E-state index in [1.807, 2.05) is 24.4 Å². The minimum atomic E-state index is 0.576. The second-order valence-electron chi connectivity index (χ2n) is 5.78. The molecule has 0 spiro atoms. The molecule has 0 saturated carbocycles. The number of ether oxygens (including phenoxy) is 1. The molecule has 22 heavy (non-hydrogen) atoms. The van der Waals surface area contributed by atoms with Gasteiger partial charge in [-0.3, -0.25) is 4.90 Å². The molecule has 0 fully saturated rings. The van der Waals surface area contributed by atoms with Crippen molar-refractivity contribution in [1.29, 1.82) is 0 Å². The molecule has 0 atom stereocenters. The number of nitrogens with zero attached hydrogens (tertiary/aromatic N) is 2. The molecular weight excluding hydrogens is 294 g/mol. The van der Waals surface area contributed by atoms with Crippen LogP contribution in [-0.4, -0.2) is 34.6 Å². The van der Waals surface area contributed by atoms with E-state index in [4.69, 9.17) is 17.0 Å². The van der Waals surface area contributed by atoms with E-state index in [0.29, 0.717) is 11.4 Å². The third-order valence-electron chi connectivity index (χ3n) is 4.17. The fourth-order valence-electron chi connectivity index (χ4n) is 3.08. The highest BCUT2D eigenvalue weighted by atomic mass is 32.1. The summed E-state index contributed by atoms with van der Waals surface area (Å²) in [5.41, 5.74) is 4.97. The Hall–Kier alpha value is -1.98. The van der Waals surface area contributed by atoms with E-state index >= 15 is 0 Å². The largest absolute Gasteiger partial charge is 0.489 e. The van der Waals surface area contributed by atoms with E-state index < -0.39 is 0 Å². The van der Waals surface area contributed by atoms with Crippen LogP contribution < -0.4 is 4.74 Å². The van der Waals surface area contributed by atoms with Gasteiger partial charge in [-0.05, 0) is 29.9 Å². The number of hydrogen-bond donors (Lipinski definition) is 1. The number of para-hydroxylation sites is 1.